The maximum atomic E-state index is 12.6. The highest BCUT2D eigenvalue weighted by molar-refractivity contribution is 5.94. The van der Waals surface area contributed by atoms with Crippen LogP contribution >= 0.6 is 12.4 Å². The van der Waals surface area contributed by atoms with Crippen molar-refractivity contribution in [3.63, 3.8) is 0 Å². The van der Waals surface area contributed by atoms with Gasteiger partial charge >= 0.3 is 0 Å². The predicted molar refractivity (Wildman–Crippen MR) is 111 cm³/mol. The lowest BCUT2D eigenvalue weighted by molar-refractivity contribution is -0.124. The molecule has 0 radical (unpaired) electrons. The predicted octanol–water partition coefficient (Wildman–Crippen LogP) is 1.83. The van der Waals surface area contributed by atoms with E-state index in [0.29, 0.717) is 13.1 Å². The number of likely N-dealkylation sites (N-methyl/N-ethyl adjacent to an activating group) is 1. The van der Waals surface area contributed by atoms with Crippen molar-refractivity contribution in [1.29, 1.82) is 0 Å². The zero-order valence-electron chi connectivity index (χ0n) is 16.5. The summed E-state index contributed by atoms with van der Waals surface area (Å²) in [5, 5.41) is 10.3. The van der Waals surface area contributed by atoms with E-state index in [0.717, 1.165) is 29.5 Å². The molecule has 1 saturated heterocycles. The number of hydrogen-bond donors (Lipinski definition) is 2. The Labute approximate surface area is 171 Å². The number of carbonyl (C=O) groups excluding carboxylic acids is 2. The zero-order valence-corrected chi connectivity index (χ0v) is 17.3. The highest BCUT2D eigenvalue weighted by Gasteiger charge is 2.27. The van der Waals surface area contributed by atoms with Gasteiger partial charge in [-0.15, -0.1) is 12.4 Å². The van der Waals surface area contributed by atoms with E-state index < -0.39 is 6.04 Å². The standard InChI is InChI=1S/C20H27N5O2.ClH/c1-14-4-6-15(7-5-14)20(27)25-10-8-17(9-11-25)23-19(26)18(21-2)16-12-22-24(3)13-16;/h4-7,12-13,17-18,21H,8-11H2,1-3H3,(H,23,26);1H. The van der Waals surface area contributed by atoms with Gasteiger partial charge in [-0.1, -0.05) is 17.7 Å². The fraction of sp³-hybridized carbons (Fsp3) is 0.450. The average molecular weight is 406 g/mol. The number of amides is 2. The van der Waals surface area contributed by atoms with E-state index in [9.17, 15) is 9.59 Å². The number of halogens is 1. The van der Waals surface area contributed by atoms with Gasteiger partial charge in [-0.3, -0.25) is 14.3 Å². The minimum absolute atomic E-state index is 0. The fourth-order valence-electron chi connectivity index (χ4n) is 3.43. The number of aromatic nitrogens is 2. The molecule has 28 heavy (non-hydrogen) atoms. The molecule has 2 amide bonds. The zero-order chi connectivity index (χ0) is 19.4. The minimum Gasteiger partial charge on any atom is -0.352 e. The summed E-state index contributed by atoms with van der Waals surface area (Å²) < 4.78 is 1.68. The molecule has 152 valence electrons. The summed E-state index contributed by atoms with van der Waals surface area (Å²) in [7, 11) is 3.59. The Hall–Kier alpha value is -2.38. The number of rotatable bonds is 5. The van der Waals surface area contributed by atoms with Crippen molar-refractivity contribution in [2.24, 2.45) is 7.05 Å². The lowest BCUT2D eigenvalue weighted by Gasteiger charge is -2.33. The van der Waals surface area contributed by atoms with Gasteiger partial charge < -0.3 is 15.5 Å². The first kappa shape index (κ1) is 21.9. The van der Waals surface area contributed by atoms with E-state index in [1.807, 2.05) is 49.3 Å². The third-order valence-electron chi connectivity index (χ3n) is 5.04. The number of likely N-dealkylation sites (tertiary alicyclic amines) is 1. The van der Waals surface area contributed by atoms with Gasteiger partial charge in [-0.25, -0.2) is 0 Å². The quantitative estimate of drug-likeness (QED) is 0.795. The Morgan fingerprint density at radius 2 is 1.82 bits per heavy atom. The van der Waals surface area contributed by atoms with E-state index in [1.54, 1.807) is 17.9 Å². The topological polar surface area (TPSA) is 79.3 Å². The summed E-state index contributed by atoms with van der Waals surface area (Å²) in [6.45, 7) is 3.30. The van der Waals surface area contributed by atoms with Gasteiger partial charge in [0.05, 0.1) is 6.20 Å². The van der Waals surface area contributed by atoms with E-state index >= 15 is 0 Å². The Morgan fingerprint density at radius 3 is 2.36 bits per heavy atom. The monoisotopic (exact) mass is 405 g/mol. The lowest BCUT2D eigenvalue weighted by Crippen LogP contribution is -2.48. The van der Waals surface area contributed by atoms with E-state index in [1.165, 1.54) is 0 Å². The number of benzene rings is 1. The van der Waals surface area contributed by atoms with Crippen molar-refractivity contribution in [3.8, 4) is 0 Å². The molecule has 1 unspecified atom stereocenters. The molecule has 3 rings (SSSR count). The molecule has 0 saturated carbocycles. The van der Waals surface area contributed by atoms with Crippen LogP contribution in [0.1, 0.15) is 40.4 Å². The van der Waals surface area contributed by atoms with Crippen molar-refractivity contribution in [2.45, 2.75) is 31.8 Å². The maximum absolute atomic E-state index is 12.6. The summed E-state index contributed by atoms with van der Waals surface area (Å²) in [6.07, 6.45) is 5.05. The third-order valence-corrected chi connectivity index (χ3v) is 5.04. The first-order valence-corrected chi connectivity index (χ1v) is 9.30. The van der Waals surface area contributed by atoms with Crippen molar-refractivity contribution < 1.29 is 9.59 Å². The van der Waals surface area contributed by atoms with Gasteiger partial charge in [0, 0.05) is 43.5 Å². The first-order valence-electron chi connectivity index (χ1n) is 9.30. The molecule has 2 N–H and O–H groups in total. The van der Waals surface area contributed by atoms with E-state index in [-0.39, 0.29) is 30.3 Å². The maximum Gasteiger partial charge on any atom is 0.253 e. The third kappa shape index (κ3) is 5.11. The van der Waals surface area contributed by atoms with E-state index in [4.69, 9.17) is 0 Å². The molecule has 0 bridgehead atoms. The van der Waals surface area contributed by atoms with Crippen molar-refractivity contribution >= 4 is 24.2 Å². The number of hydrogen-bond acceptors (Lipinski definition) is 4. The van der Waals surface area contributed by atoms with Crippen LogP contribution in [0.4, 0.5) is 0 Å². The second-order valence-corrected chi connectivity index (χ2v) is 7.11. The van der Waals surface area contributed by atoms with Crippen LogP contribution in [-0.4, -0.2) is 52.7 Å². The first-order chi connectivity index (χ1) is 13.0. The molecule has 1 aromatic carbocycles. The van der Waals surface area contributed by atoms with Crippen LogP contribution in [0.5, 0.6) is 0 Å². The number of nitrogens with one attached hydrogen (secondary N) is 2. The van der Waals surface area contributed by atoms with Crippen LogP contribution < -0.4 is 10.6 Å². The summed E-state index contributed by atoms with van der Waals surface area (Å²) in [4.78, 5) is 27.1. The second-order valence-electron chi connectivity index (χ2n) is 7.11. The van der Waals surface area contributed by atoms with Crippen LogP contribution in [0, 0.1) is 6.92 Å². The van der Waals surface area contributed by atoms with Gasteiger partial charge in [0.1, 0.15) is 6.04 Å². The molecular formula is C20H28ClN5O2. The molecule has 1 atom stereocenters. The van der Waals surface area contributed by atoms with E-state index in [2.05, 4.69) is 15.7 Å². The highest BCUT2D eigenvalue weighted by Crippen LogP contribution is 2.17. The van der Waals surface area contributed by atoms with Crippen LogP contribution in [0.25, 0.3) is 0 Å². The van der Waals surface area contributed by atoms with Crippen molar-refractivity contribution in [2.75, 3.05) is 20.1 Å². The Balaban J connectivity index is 0.00000280. The molecular weight excluding hydrogens is 378 g/mol. The second kappa shape index (κ2) is 9.71. The van der Waals surface area contributed by atoms with Crippen LogP contribution in [0.15, 0.2) is 36.7 Å². The van der Waals surface area contributed by atoms with Gasteiger partial charge in [0.15, 0.2) is 0 Å². The summed E-state index contributed by atoms with van der Waals surface area (Å²) in [6, 6.07) is 7.30. The van der Waals surface area contributed by atoms with Gasteiger partial charge in [0.2, 0.25) is 5.91 Å². The Bertz CT molecular complexity index is 797. The molecule has 1 aliphatic rings. The largest absolute Gasteiger partial charge is 0.352 e. The molecule has 0 spiro atoms. The van der Waals surface area contributed by atoms with Crippen molar-refractivity contribution in [1.82, 2.24) is 25.3 Å². The van der Waals surface area contributed by atoms with Crippen LogP contribution in [0.2, 0.25) is 0 Å². The molecule has 0 aliphatic carbocycles. The number of aryl methyl sites for hydroxylation is 2. The van der Waals surface area contributed by atoms with Crippen molar-refractivity contribution in [3.05, 3.63) is 53.3 Å². The van der Waals surface area contributed by atoms with Crippen LogP contribution in [0.3, 0.4) is 0 Å². The normalized spacial score (nSPS) is 15.6. The smallest absolute Gasteiger partial charge is 0.253 e. The van der Waals surface area contributed by atoms with Gasteiger partial charge in [-0.05, 0) is 38.9 Å². The SMILES string of the molecule is CNC(C(=O)NC1CCN(C(=O)c2ccc(C)cc2)CC1)c1cnn(C)c1.Cl. The molecule has 1 aromatic heterocycles. The Kier molecular flexibility index (Phi) is 7.60. The Morgan fingerprint density at radius 1 is 1.18 bits per heavy atom. The molecule has 1 aliphatic heterocycles. The fourth-order valence-corrected chi connectivity index (χ4v) is 3.43. The summed E-state index contributed by atoms with van der Waals surface area (Å²) in [5.74, 6) is -0.00273. The molecule has 8 heteroatoms. The summed E-state index contributed by atoms with van der Waals surface area (Å²) in [5.41, 5.74) is 2.69. The molecule has 2 aromatic rings. The summed E-state index contributed by atoms with van der Waals surface area (Å²) >= 11 is 0. The number of piperidine rings is 1. The molecule has 2 heterocycles. The van der Waals surface area contributed by atoms with Gasteiger partial charge in [0.25, 0.3) is 5.91 Å². The number of nitrogens with zero attached hydrogens (tertiary/aromatic N) is 3. The average Bonchev–Trinajstić information content (AvgIpc) is 3.09. The highest BCUT2D eigenvalue weighted by atomic mass is 35.5. The minimum atomic E-state index is -0.425. The molecule has 1 fully saturated rings. The van der Waals surface area contributed by atoms with Crippen LogP contribution in [-0.2, 0) is 11.8 Å². The molecule has 7 nitrogen and oxygen atoms in total. The lowest BCUT2D eigenvalue weighted by atomic mass is 10.0. The van der Waals surface area contributed by atoms with Gasteiger partial charge in [-0.2, -0.15) is 5.10 Å². The number of carbonyl (C=O) groups is 2.